The first-order valence-electron chi connectivity index (χ1n) is 5.29. The molecule has 88 valence electrons. The van der Waals surface area contributed by atoms with Crippen LogP contribution in [0.1, 0.15) is 27.6 Å². The molecule has 0 unspecified atom stereocenters. The van der Waals surface area contributed by atoms with Gasteiger partial charge in [-0.05, 0) is 13.0 Å². The van der Waals surface area contributed by atoms with Crippen LogP contribution in [0.25, 0.3) is 0 Å². The molecule has 0 fully saturated rings. The molecule has 1 aliphatic carbocycles. The highest BCUT2D eigenvalue weighted by Crippen LogP contribution is 2.29. The van der Waals surface area contributed by atoms with Gasteiger partial charge in [-0.1, -0.05) is 12.1 Å². The smallest absolute Gasteiger partial charge is 0.232 e. The van der Waals surface area contributed by atoms with Crippen LogP contribution in [-0.4, -0.2) is 25.3 Å². The molecule has 2 rings (SSSR count). The van der Waals surface area contributed by atoms with Crippen molar-refractivity contribution in [3.05, 3.63) is 41.2 Å². The second-order valence-corrected chi connectivity index (χ2v) is 3.52. The first kappa shape index (κ1) is 11.4. The minimum Gasteiger partial charge on any atom is -0.493 e. The number of carbonyl (C=O) groups excluding carboxylic acids is 2. The molecule has 4 heteroatoms. The van der Waals surface area contributed by atoms with E-state index in [-0.39, 0.29) is 17.3 Å². The summed E-state index contributed by atoms with van der Waals surface area (Å²) in [4.78, 5) is 23.9. The van der Waals surface area contributed by atoms with Crippen molar-refractivity contribution in [1.82, 2.24) is 0 Å². The van der Waals surface area contributed by atoms with Crippen molar-refractivity contribution in [1.29, 1.82) is 0 Å². The van der Waals surface area contributed by atoms with Gasteiger partial charge in [0.2, 0.25) is 5.78 Å². The van der Waals surface area contributed by atoms with Crippen molar-refractivity contribution >= 4 is 11.6 Å². The zero-order valence-electron chi connectivity index (χ0n) is 9.65. The molecule has 0 spiro atoms. The Kier molecular flexibility index (Phi) is 2.95. The summed E-state index contributed by atoms with van der Waals surface area (Å²) in [6.45, 7) is 2.26. The number of Topliss-reactive ketones (excluding diaryl/α,β-unsaturated/α-hetero) is 1. The minimum atomic E-state index is -0.314. The first-order valence-corrected chi connectivity index (χ1v) is 5.29. The minimum absolute atomic E-state index is 0.0506. The summed E-state index contributed by atoms with van der Waals surface area (Å²) in [5, 5.41) is 0. The van der Waals surface area contributed by atoms with E-state index < -0.39 is 0 Å². The van der Waals surface area contributed by atoms with Gasteiger partial charge in [-0.25, -0.2) is 0 Å². The van der Waals surface area contributed by atoms with Crippen LogP contribution in [0.2, 0.25) is 0 Å². The molecule has 0 heterocycles. The number of ketones is 2. The summed E-state index contributed by atoms with van der Waals surface area (Å²) < 4.78 is 10.3. The molecule has 1 aromatic rings. The second-order valence-electron chi connectivity index (χ2n) is 3.52. The molecule has 4 nitrogen and oxygen atoms in total. The summed E-state index contributed by atoms with van der Waals surface area (Å²) in [7, 11) is 1.37. The van der Waals surface area contributed by atoms with E-state index in [1.807, 2.05) is 6.92 Å². The summed E-state index contributed by atoms with van der Waals surface area (Å²) in [6, 6.07) is 4.98. The number of benzene rings is 1. The van der Waals surface area contributed by atoms with E-state index >= 15 is 0 Å². The Hall–Kier alpha value is -2.10. The normalized spacial score (nSPS) is 14.1. The number of carbonyl (C=O) groups is 2. The van der Waals surface area contributed by atoms with Crippen LogP contribution in [-0.2, 0) is 4.74 Å². The van der Waals surface area contributed by atoms with E-state index in [4.69, 9.17) is 9.47 Å². The third-order valence-corrected chi connectivity index (χ3v) is 2.52. The Morgan fingerprint density at radius 1 is 1.24 bits per heavy atom. The summed E-state index contributed by atoms with van der Waals surface area (Å²) in [6.07, 6.45) is 1.21. The van der Waals surface area contributed by atoms with Gasteiger partial charge in [-0.3, -0.25) is 9.59 Å². The molecule has 0 saturated heterocycles. The van der Waals surface area contributed by atoms with Crippen LogP contribution in [0.4, 0.5) is 0 Å². The number of fused-ring (bicyclic) bond motifs is 1. The zero-order valence-corrected chi connectivity index (χ0v) is 9.65. The lowest BCUT2D eigenvalue weighted by molar-refractivity contribution is 0.0912. The lowest BCUT2D eigenvalue weighted by Crippen LogP contribution is -2.19. The van der Waals surface area contributed by atoms with Crippen molar-refractivity contribution in [3.63, 3.8) is 0 Å². The molecule has 0 atom stereocenters. The first-order chi connectivity index (χ1) is 8.19. The van der Waals surface area contributed by atoms with Crippen LogP contribution in [0.3, 0.4) is 0 Å². The maximum absolute atomic E-state index is 12.1. The fourth-order valence-electron chi connectivity index (χ4n) is 1.78. The molecule has 1 aliphatic rings. The highest BCUT2D eigenvalue weighted by Gasteiger charge is 2.29. The van der Waals surface area contributed by atoms with Gasteiger partial charge in [0, 0.05) is 11.6 Å². The number of hydrogen-bond donors (Lipinski definition) is 0. The van der Waals surface area contributed by atoms with Crippen molar-refractivity contribution in [2.75, 3.05) is 13.7 Å². The molecular formula is C13H12O4. The maximum Gasteiger partial charge on any atom is 0.232 e. The Balaban J connectivity index is 2.59. The maximum atomic E-state index is 12.1. The molecule has 0 bridgehead atoms. The van der Waals surface area contributed by atoms with Gasteiger partial charge in [0.15, 0.2) is 11.5 Å². The van der Waals surface area contributed by atoms with E-state index in [2.05, 4.69) is 0 Å². The van der Waals surface area contributed by atoms with Crippen LogP contribution in [0.5, 0.6) is 5.75 Å². The van der Waals surface area contributed by atoms with Crippen LogP contribution in [0.15, 0.2) is 30.0 Å². The lowest BCUT2D eigenvalue weighted by Gasteiger charge is -2.17. The Morgan fingerprint density at radius 2 is 2.00 bits per heavy atom. The predicted molar refractivity (Wildman–Crippen MR) is 61.4 cm³/mol. The van der Waals surface area contributed by atoms with E-state index in [1.165, 1.54) is 13.2 Å². The lowest BCUT2D eigenvalue weighted by atomic mass is 9.93. The van der Waals surface area contributed by atoms with E-state index in [0.29, 0.717) is 23.5 Å². The van der Waals surface area contributed by atoms with E-state index in [1.54, 1.807) is 18.2 Å². The third kappa shape index (κ3) is 1.82. The standard InChI is InChI=1S/C13H12O4/c1-3-17-10-6-4-5-8-9(14)7-11(16-2)13(15)12(8)10/h4-7H,3H2,1-2H3. The highest BCUT2D eigenvalue weighted by atomic mass is 16.5. The van der Waals surface area contributed by atoms with Gasteiger partial charge >= 0.3 is 0 Å². The molecule has 0 aliphatic heterocycles. The summed E-state index contributed by atoms with van der Waals surface area (Å²) in [5.74, 6) is -0.0789. The van der Waals surface area contributed by atoms with Crippen molar-refractivity contribution in [2.45, 2.75) is 6.92 Å². The van der Waals surface area contributed by atoms with Gasteiger partial charge in [-0.15, -0.1) is 0 Å². The second kappa shape index (κ2) is 4.41. The number of rotatable bonds is 3. The van der Waals surface area contributed by atoms with Crippen molar-refractivity contribution in [2.24, 2.45) is 0 Å². The van der Waals surface area contributed by atoms with Crippen LogP contribution < -0.4 is 4.74 Å². The molecule has 0 amide bonds. The largest absolute Gasteiger partial charge is 0.493 e. The third-order valence-electron chi connectivity index (χ3n) is 2.52. The Morgan fingerprint density at radius 3 is 2.65 bits per heavy atom. The topological polar surface area (TPSA) is 52.6 Å². The average Bonchev–Trinajstić information content (AvgIpc) is 2.34. The molecular weight excluding hydrogens is 220 g/mol. The Labute approximate surface area is 98.8 Å². The highest BCUT2D eigenvalue weighted by molar-refractivity contribution is 6.24. The summed E-state index contributed by atoms with van der Waals surface area (Å²) >= 11 is 0. The molecule has 17 heavy (non-hydrogen) atoms. The molecule has 0 radical (unpaired) electrons. The predicted octanol–water partition coefficient (Wildman–Crippen LogP) is 1.99. The Bertz CT molecular complexity index is 514. The summed E-state index contributed by atoms with van der Waals surface area (Å²) in [5.41, 5.74) is 0.653. The monoisotopic (exact) mass is 232 g/mol. The number of ether oxygens (including phenoxy) is 2. The van der Waals surface area contributed by atoms with Crippen molar-refractivity contribution in [3.8, 4) is 5.75 Å². The number of hydrogen-bond acceptors (Lipinski definition) is 4. The van der Waals surface area contributed by atoms with E-state index in [9.17, 15) is 9.59 Å². The van der Waals surface area contributed by atoms with Gasteiger partial charge in [0.25, 0.3) is 0 Å². The van der Waals surface area contributed by atoms with Gasteiger partial charge in [0.05, 0.1) is 19.3 Å². The number of methoxy groups -OCH3 is 1. The van der Waals surface area contributed by atoms with Crippen LogP contribution in [0, 0.1) is 0 Å². The van der Waals surface area contributed by atoms with Crippen molar-refractivity contribution < 1.29 is 19.1 Å². The fraction of sp³-hybridized carbons (Fsp3) is 0.231. The van der Waals surface area contributed by atoms with Gasteiger partial charge in [0.1, 0.15) is 5.75 Å². The van der Waals surface area contributed by atoms with Gasteiger partial charge in [-0.2, -0.15) is 0 Å². The molecule has 0 aromatic heterocycles. The number of allylic oxidation sites excluding steroid dienone is 2. The quantitative estimate of drug-likeness (QED) is 0.799. The average molecular weight is 232 g/mol. The molecule has 0 N–H and O–H groups in total. The molecule has 0 saturated carbocycles. The molecule has 1 aromatic carbocycles. The zero-order chi connectivity index (χ0) is 12.4. The fourth-order valence-corrected chi connectivity index (χ4v) is 1.78. The van der Waals surface area contributed by atoms with E-state index in [0.717, 1.165) is 0 Å². The van der Waals surface area contributed by atoms with Gasteiger partial charge < -0.3 is 9.47 Å². The van der Waals surface area contributed by atoms with Crippen LogP contribution >= 0.6 is 0 Å². The SMILES string of the molecule is CCOc1cccc2c1C(=O)C(OC)=CC2=O.